The van der Waals surface area contributed by atoms with Crippen LogP contribution in [-0.4, -0.2) is 109 Å². The van der Waals surface area contributed by atoms with Gasteiger partial charge in [0.25, 0.3) is 0 Å². The third-order valence-corrected chi connectivity index (χ3v) is 8.68. The molecule has 16 nitrogen and oxygen atoms in total. The van der Waals surface area contributed by atoms with Crippen molar-refractivity contribution in [3.8, 4) is 0 Å². The number of carboxylic acid groups (broad SMARTS) is 2. The number of carbonyl (C=O) groups is 2. The van der Waals surface area contributed by atoms with Crippen LogP contribution in [0.25, 0.3) is 0 Å². The molecule has 0 bridgehead atoms. The zero-order chi connectivity index (χ0) is 30.5. The number of hydrogen-bond acceptors (Lipinski definition) is 12. The molecule has 1 aliphatic rings. The molecule has 0 radical (unpaired) electrons. The maximum Gasteiger partial charge on any atom is 0.345 e. The first kappa shape index (κ1) is 40.4. The Morgan fingerprint density at radius 3 is 1.95 bits per heavy atom. The van der Waals surface area contributed by atoms with Gasteiger partial charge in [-0.15, -0.1) is 0 Å². The smallest absolute Gasteiger partial charge is 0.345 e. The van der Waals surface area contributed by atoms with Crippen LogP contribution in [0.3, 0.4) is 0 Å². The Kier molecular flexibility index (Phi) is 23.7. The molecule has 1 aliphatic heterocycles. The van der Waals surface area contributed by atoms with E-state index in [-0.39, 0.29) is 18.9 Å². The van der Waals surface area contributed by atoms with Gasteiger partial charge in [-0.25, -0.2) is 18.4 Å². The van der Waals surface area contributed by atoms with Crippen molar-refractivity contribution < 1.29 is 47.5 Å². The lowest BCUT2D eigenvalue weighted by molar-refractivity contribution is -0.308. The fourth-order valence-corrected chi connectivity index (χ4v) is 6.22. The first-order valence-corrected chi connectivity index (χ1v) is 17.1. The number of nitrogens with two attached hydrogens (primary N) is 4. The van der Waals surface area contributed by atoms with Gasteiger partial charge >= 0.3 is 19.6 Å². The zero-order valence-corrected chi connectivity index (χ0v) is 25.6. The third kappa shape index (κ3) is 20.7. The van der Waals surface area contributed by atoms with Gasteiger partial charge in [-0.1, -0.05) is 28.8 Å². The predicted molar refractivity (Wildman–Crippen MR) is 151 cm³/mol. The second-order valence-electron chi connectivity index (χ2n) is 8.55. The summed E-state index contributed by atoms with van der Waals surface area (Å²) in [5, 5.41) is 28.6. The molecule has 0 amide bonds. The number of rotatable bonds is 17. The van der Waals surface area contributed by atoms with Crippen molar-refractivity contribution in [2.75, 3.05) is 50.1 Å². The molecule has 12 N–H and O–H groups in total. The summed E-state index contributed by atoms with van der Waals surface area (Å²) in [7, 11) is -6.54. The molecule has 1 rings (SSSR count). The van der Waals surface area contributed by atoms with Gasteiger partial charge in [0.1, 0.15) is 21.9 Å². The fraction of sp³-hybridized carbons (Fsp3) is 0.900. The standard InChI is InChI=1S/C8H18BrN2O6PS.2C6H14N2O2/c1-19(14,15)7-4-10-18(13)11(5-3-9)8(17-12)2-6-16-18;2*7-4-2-1-3-5(8)6(9)10/h8,12H,2-7H2,1H3,(H,10,13);2*5H,1-4,7-8H2,(H,9,10). The average molecular weight is 674 g/mol. The van der Waals surface area contributed by atoms with Gasteiger partial charge in [-0.2, -0.15) is 4.67 Å². The molecular formula is C20H46BrN6O10PS. The second kappa shape index (κ2) is 22.9. The molecule has 19 heteroatoms. The molecule has 0 aromatic rings. The maximum atomic E-state index is 12.6. The molecule has 39 heavy (non-hydrogen) atoms. The quantitative estimate of drug-likeness (QED) is 0.0324. The Hall–Kier alpha value is -0.760. The van der Waals surface area contributed by atoms with Gasteiger partial charge in [0.05, 0.1) is 12.4 Å². The lowest BCUT2D eigenvalue weighted by Crippen LogP contribution is -2.44. The number of sulfone groups is 1. The second-order valence-corrected chi connectivity index (χ2v) is 13.7. The highest BCUT2D eigenvalue weighted by Gasteiger charge is 2.41. The van der Waals surface area contributed by atoms with E-state index in [1.165, 1.54) is 4.67 Å². The lowest BCUT2D eigenvalue weighted by Gasteiger charge is -2.38. The molecule has 234 valence electrons. The van der Waals surface area contributed by atoms with E-state index in [0.717, 1.165) is 31.9 Å². The number of unbranched alkanes of at least 4 members (excludes halogenated alkanes) is 2. The Morgan fingerprint density at radius 2 is 1.59 bits per heavy atom. The van der Waals surface area contributed by atoms with Crippen LogP contribution in [0, 0.1) is 0 Å². The van der Waals surface area contributed by atoms with E-state index in [1.807, 2.05) is 0 Å². The fourth-order valence-electron chi connectivity index (χ4n) is 2.91. The number of carboxylic acids is 2. The molecule has 0 saturated carbocycles. The molecule has 1 saturated heterocycles. The van der Waals surface area contributed by atoms with E-state index in [2.05, 4.69) is 25.9 Å². The van der Waals surface area contributed by atoms with Gasteiger partial charge in [-0.05, 0) is 38.8 Å². The third-order valence-electron chi connectivity index (χ3n) is 5.09. The summed E-state index contributed by atoms with van der Waals surface area (Å²) in [4.78, 5) is 24.6. The molecule has 1 heterocycles. The largest absolute Gasteiger partial charge is 0.480 e. The van der Waals surface area contributed by atoms with E-state index in [1.54, 1.807) is 0 Å². The van der Waals surface area contributed by atoms with Crippen LogP contribution < -0.4 is 28.0 Å². The predicted octanol–water partition coefficient (Wildman–Crippen LogP) is -0.284. The summed E-state index contributed by atoms with van der Waals surface area (Å²) in [6.45, 7) is 1.70. The number of alkyl halides is 1. The SMILES string of the molecule is CS(=O)(=O)CCNP1(=O)OCCC(OO)N1CCBr.NCCCCC(N)C(=O)O.NCCCCC(N)C(=O)O. The Morgan fingerprint density at radius 1 is 1.10 bits per heavy atom. The summed E-state index contributed by atoms with van der Waals surface area (Å²) in [6.07, 6.45) is 5.07. The number of nitrogens with zero attached hydrogens (tertiary/aromatic N) is 1. The summed E-state index contributed by atoms with van der Waals surface area (Å²) in [6, 6.07) is -1.43. The monoisotopic (exact) mass is 672 g/mol. The minimum absolute atomic E-state index is 0.00699. The molecule has 0 aromatic carbocycles. The summed E-state index contributed by atoms with van der Waals surface area (Å²) >= 11 is 3.21. The van der Waals surface area contributed by atoms with Crippen molar-refractivity contribution in [1.29, 1.82) is 0 Å². The average Bonchev–Trinajstić information content (AvgIpc) is 2.85. The van der Waals surface area contributed by atoms with Crippen LogP contribution >= 0.6 is 23.6 Å². The van der Waals surface area contributed by atoms with E-state index < -0.39 is 47.8 Å². The van der Waals surface area contributed by atoms with Crippen LogP contribution in [-0.2, 0) is 33.4 Å². The minimum atomic E-state index is -3.39. The Balaban J connectivity index is 0. The summed E-state index contributed by atoms with van der Waals surface area (Å²) in [5.41, 5.74) is 20.8. The number of aliphatic carboxylic acids is 2. The van der Waals surface area contributed by atoms with Crippen molar-refractivity contribution in [3.05, 3.63) is 0 Å². The van der Waals surface area contributed by atoms with Crippen LogP contribution in [0.5, 0.6) is 0 Å². The van der Waals surface area contributed by atoms with Crippen molar-refractivity contribution >= 4 is 45.4 Å². The van der Waals surface area contributed by atoms with Crippen LogP contribution in [0.15, 0.2) is 0 Å². The lowest BCUT2D eigenvalue weighted by atomic mass is 10.1. The molecule has 0 aliphatic carbocycles. The van der Waals surface area contributed by atoms with E-state index in [9.17, 15) is 22.6 Å². The van der Waals surface area contributed by atoms with Crippen molar-refractivity contribution in [2.24, 2.45) is 22.9 Å². The summed E-state index contributed by atoms with van der Waals surface area (Å²) in [5.74, 6) is -2.01. The van der Waals surface area contributed by atoms with Crippen LogP contribution in [0.2, 0.25) is 0 Å². The van der Waals surface area contributed by atoms with Crippen molar-refractivity contribution in [1.82, 2.24) is 9.76 Å². The van der Waals surface area contributed by atoms with Gasteiger partial charge in [0, 0.05) is 31.1 Å². The zero-order valence-electron chi connectivity index (χ0n) is 22.3. The first-order valence-electron chi connectivity index (χ1n) is 12.4. The number of nitrogens with one attached hydrogen (secondary N) is 1. The Labute approximate surface area is 238 Å². The van der Waals surface area contributed by atoms with Gasteiger partial charge < -0.3 is 37.7 Å². The molecule has 4 unspecified atom stereocenters. The van der Waals surface area contributed by atoms with Crippen LogP contribution in [0.4, 0.5) is 0 Å². The normalized spacial score (nSPS) is 21.1. The molecule has 0 spiro atoms. The first-order chi connectivity index (χ1) is 18.2. The number of hydrogen-bond donors (Lipinski definition) is 8. The van der Waals surface area contributed by atoms with Gasteiger partial charge in [0.15, 0.2) is 6.23 Å². The highest BCUT2D eigenvalue weighted by molar-refractivity contribution is 9.09. The highest BCUT2D eigenvalue weighted by Crippen LogP contribution is 2.51. The molecule has 4 atom stereocenters. The minimum Gasteiger partial charge on any atom is -0.480 e. The topological polar surface area (TPSA) is 284 Å². The van der Waals surface area contributed by atoms with Gasteiger partial charge in [0.2, 0.25) is 0 Å². The molecule has 0 aromatic heterocycles. The molecular weight excluding hydrogens is 627 g/mol. The van der Waals surface area contributed by atoms with E-state index in [4.69, 9.17) is 42.9 Å². The summed E-state index contributed by atoms with van der Waals surface area (Å²) < 4.78 is 41.3. The van der Waals surface area contributed by atoms with Crippen molar-refractivity contribution in [3.63, 3.8) is 0 Å². The van der Waals surface area contributed by atoms with Gasteiger partial charge in [-0.3, -0.25) is 19.4 Å². The number of halogens is 1. The van der Waals surface area contributed by atoms with Crippen LogP contribution in [0.1, 0.15) is 44.9 Å². The highest BCUT2D eigenvalue weighted by atomic mass is 79.9. The molecule has 1 fully saturated rings. The maximum absolute atomic E-state index is 12.6. The van der Waals surface area contributed by atoms with E-state index in [0.29, 0.717) is 44.2 Å². The van der Waals surface area contributed by atoms with E-state index >= 15 is 0 Å². The Bertz CT molecular complexity index is 803. The van der Waals surface area contributed by atoms with Crippen molar-refractivity contribution in [2.45, 2.75) is 63.3 Å².